The van der Waals surface area contributed by atoms with Crippen LogP contribution in [0.5, 0.6) is 0 Å². The molecule has 1 heterocycles. The number of rotatable bonds is 15. The van der Waals surface area contributed by atoms with Gasteiger partial charge < -0.3 is 37.5 Å². The Morgan fingerprint density at radius 2 is 1.55 bits per heavy atom. The lowest BCUT2D eigenvalue weighted by Crippen LogP contribution is -2.59. The van der Waals surface area contributed by atoms with E-state index in [1.54, 1.807) is 20.0 Å². The van der Waals surface area contributed by atoms with Crippen molar-refractivity contribution in [3.63, 3.8) is 0 Å². The fourth-order valence-electron chi connectivity index (χ4n) is 4.10. The maximum absolute atomic E-state index is 13.3. The first-order chi connectivity index (χ1) is 18.0. The number of carbonyl (C=O) groups excluding carboxylic acids is 3. The zero-order chi connectivity index (χ0) is 28.4. The van der Waals surface area contributed by atoms with Crippen LogP contribution in [0.2, 0.25) is 0 Å². The van der Waals surface area contributed by atoms with Gasteiger partial charge in [-0.2, -0.15) is 0 Å². The summed E-state index contributed by atoms with van der Waals surface area (Å²) in [5.74, 6) is -3.20. The van der Waals surface area contributed by atoms with E-state index in [4.69, 9.17) is 11.5 Å². The Balaban J connectivity index is 2.18. The molecule has 0 aliphatic rings. The summed E-state index contributed by atoms with van der Waals surface area (Å²) in [6.07, 6.45) is 3.23. The van der Waals surface area contributed by atoms with Crippen molar-refractivity contribution in [1.29, 1.82) is 0 Å². The van der Waals surface area contributed by atoms with Gasteiger partial charge in [0.05, 0.1) is 6.04 Å². The lowest BCUT2D eigenvalue weighted by molar-refractivity contribution is -0.142. The number of hydrogen-bond donors (Lipinski definition) is 7. The summed E-state index contributed by atoms with van der Waals surface area (Å²) in [4.78, 5) is 54.1. The van der Waals surface area contributed by atoms with Crippen LogP contribution in [0.25, 0.3) is 10.9 Å². The van der Waals surface area contributed by atoms with Crippen molar-refractivity contribution in [3.05, 3.63) is 36.0 Å². The van der Waals surface area contributed by atoms with E-state index in [0.717, 1.165) is 16.5 Å². The SMILES string of the molecule is CC(C)C(N)C(=O)NC(C(=O)NC(CCCCN)C(=O)NC(Cc1c[nH]c2ccccc12)C(=O)O)C(C)C. The molecule has 3 amide bonds. The van der Waals surface area contributed by atoms with E-state index < -0.39 is 47.9 Å². The standard InChI is InChI=1S/C27H42N6O5/c1-15(2)22(29)25(35)33-23(16(3)4)26(36)31-20(11-7-8-12-28)24(34)32-21(27(37)38)13-17-14-30-19-10-6-5-9-18(17)19/h5-6,9-10,14-16,20-23,30H,7-8,11-13,28-29H2,1-4H3,(H,31,36)(H,32,34)(H,33,35)(H,37,38). The minimum Gasteiger partial charge on any atom is -0.480 e. The van der Waals surface area contributed by atoms with Crippen molar-refractivity contribution < 1.29 is 24.3 Å². The molecule has 0 fully saturated rings. The normalized spacial score (nSPS) is 14.6. The fourth-order valence-corrected chi connectivity index (χ4v) is 4.10. The van der Waals surface area contributed by atoms with Crippen molar-refractivity contribution in [2.75, 3.05) is 6.54 Å². The molecule has 0 spiro atoms. The number of nitrogens with one attached hydrogen (secondary N) is 4. The predicted octanol–water partition coefficient (Wildman–Crippen LogP) is 1.02. The van der Waals surface area contributed by atoms with Crippen LogP contribution in [0, 0.1) is 11.8 Å². The van der Waals surface area contributed by atoms with E-state index in [-0.39, 0.29) is 24.7 Å². The van der Waals surface area contributed by atoms with Crippen LogP contribution in [0.4, 0.5) is 0 Å². The molecule has 2 rings (SSSR count). The van der Waals surface area contributed by atoms with Gasteiger partial charge in [0.2, 0.25) is 17.7 Å². The van der Waals surface area contributed by atoms with Gasteiger partial charge >= 0.3 is 5.97 Å². The molecule has 210 valence electrons. The van der Waals surface area contributed by atoms with Gasteiger partial charge in [0.1, 0.15) is 18.1 Å². The Morgan fingerprint density at radius 3 is 2.16 bits per heavy atom. The second kappa shape index (κ2) is 14.5. The van der Waals surface area contributed by atoms with Crippen LogP contribution in [0.3, 0.4) is 0 Å². The molecule has 0 saturated heterocycles. The lowest BCUT2D eigenvalue weighted by Gasteiger charge is -2.27. The summed E-state index contributed by atoms with van der Waals surface area (Å²) in [6, 6.07) is 3.58. The van der Waals surface area contributed by atoms with Crippen LogP contribution in [0.1, 0.15) is 52.5 Å². The average molecular weight is 531 g/mol. The minimum atomic E-state index is -1.21. The Hall–Kier alpha value is -3.44. The summed E-state index contributed by atoms with van der Waals surface area (Å²) in [6.45, 7) is 7.58. The van der Waals surface area contributed by atoms with Crippen molar-refractivity contribution in [2.24, 2.45) is 23.3 Å². The monoisotopic (exact) mass is 530 g/mol. The van der Waals surface area contributed by atoms with E-state index in [9.17, 15) is 24.3 Å². The highest BCUT2D eigenvalue weighted by atomic mass is 16.4. The number of benzene rings is 1. The first kappa shape index (κ1) is 30.8. The number of carboxylic acid groups (broad SMARTS) is 1. The molecule has 11 heteroatoms. The Bertz CT molecular complexity index is 1100. The van der Waals surface area contributed by atoms with Gasteiger partial charge in [0.25, 0.3) is 0 Å². The number of unbranched alkanes of at least 4 members (excludes halogenated alkanes) is 1. The topological polar surface area (TPSA) is 192 Å². The molecule has 1 aromatic carbocycles. The molecule has 0 aliphatic carbocycles. The zero-order valence-corrected chi connectivity index (χ0v) is 22.6. The highest BCUT2D eigenvalue weighted by molar-refractivity contribution is 5.94. The third-order valence-corrected chi connectivity index (χ3v) is 6.56. The van der Waals surface area contributed by atoms with E-state index in [1.807, 2.05) is 38.1 Å². The first-order valence-electron chi connectivity index (χ1n) is 13.1. The van der Waals surface area contributed by atoms with Crippen molar-refractivity contribution in [2.45, 2.75) is 77.5 Å². The zero-order valence-electron chi connectivity index (χ0n) is 22.6. The maximum Gasteiger partial charge on any atom is 0.326 e. The second-order valence-corrected chi connectivity index (χ2v) is 10.3. The van der Waals surface area contributed by atoms with E-state index in [0.29, 0.717) is 19.4 Å². The average Bonchev–Trinajstić information content (AvgIpc) is 3.27. The largest absolute Gasteiger partial charge is 0.480 e. The molecular formula is C27H42N6O5. The van der Waals surface area contributed by atoms with E-state index in [2.05, 4.69) is 20.9 Å². The summed E-state index contributed by atoms with van der Waals surface area (Å²) >= 11 is 0. The van der Waals surface area contributed by atoms with Gasteiger partial charge in [-0.15, -0.1) is 0 Å². The number of H-pyrrole nitrogens is 1. The third-order valence-electron chi connectivity index (χ3n) is 6.56. The number of aromatic nitrogens is 1. The molecule has 1 aromatic heterocycles. The minimum absolute atomic E-state index is 0.0618. The highest BCUT2D eigenvalue weighted by Crippen LogP contribution is 2.19. The van der Waals surface area contributed by atoms with Gasteiger partial charge in [0.15, 0.2) is 0 Å². The van der Waals surface area contributed by atoms with Crippen LogP contribution in [0.15, 0.2) is 30.5 Å². The molecule has 0 radical (unpaired) electrons. The molecule has 4 unspecified atom stereocenters. The van der Waals surface area contributed by atoms with Crippen molar-refractivity contribution in [3.8, 4) is 0 Å². The predicted molar refractivity (Wildman–Crippen MR) is 146 cm³/mol. The second-order valence-electron chi connectivity index (χ2n) is 10.3. The number of fused-ring (bicyclic) bond motifs is 1. The summed E-state index contributed by atoms with van der Waals surface area (Å²) in [5, 5.41) is 18.7. The van der Waals surface area contributed by atoms with E-state index in [1.165, 1.54) is 0 Å². The molecule has 2 aromatic rings. The van der Waals surface area contributed by atoms with Gasteiger partial charge in [-0.1, -0.05) is 45.9 Å². The molecule has 4 atom stereocenters. The van der Waals surface area contributed by atoms with Gasteiger partial charge in [0, 0.05) is 23.5 Å². The van der Waals surface area contributed by atoms with Crippen LogP contribution in [-0.4, -0.2) is 64.5 Å². The number of aromatic amines is 1. The van der Waals surface area contributed by atoms with Crippen molar-refractivity contribution >= 4 is 34.6 Å². The number of carbonyl (C=O) groups is 4. The maximum atomic E-state index is 13.3. The highest BCUT2D eigenvalue weighted by Gasteiger charge is 2.32. The first-order valence-corrected chi connectivity index (χ1v) is 13.1. The van der Waals surface area contributed by atoms with Crippen LogP contribution >= 0.6 is 0 Å². The van der Waals surface area contributed by atoms with Gasteiger partial charge in [-0.3, -0.25) is 14.4 Å². The van der Waals surface area contributed by atoms with Crippen LogP contribution < -0.4 is 27.4 Å². The molecule has 0 bridgehead atoms. The summed E-state index contributed by atoms with van der Waals surface area (Å²) < 4.78 is 0. The Morgan fingerprint density at radius 1 is 0.895 bits per heavy atom. The number of hydrogen-bond acceptors (Lipinski definition) is 6. The van der Waals surface area contributed by atoms with Gasteiger partial charge in [-0.25, -0.2) is 4.79 Å². The molecule has 0 saturated carbocycles. The number of carboxylic acids is 1. The lowest BCUT2D eigenvalue weighted by atomic mass is 9.99. The number of para-hydroxylation sites is 1. The third kappa shape index (κ3) is 8.56. The fraction of sp³-hybridized carbons (Fsp3) is 0.556. The number of nitrogens with two attached hydrogens (primary N) is 2. The quantitative estimate of drug-likeness (QED) is 0.167. The van der Waals surface area contributed by atoms with E-state index >= 15 is 0 Å². The smallest absolute Gasteiger partial charge is 0.326 e. The molecule has 0 aliphatic heterocycles. The molecule has 11 nitrogen and oxygen atoms in total. The summed E-state index contributed by atoms with van der Waals surface area (Å²) in [5.41, 5.74) is 13.2. The Kier molecular flexibility index (Phi) is 11.7. The van der Waals surface area contributed by atoms with Crippen molar-refractivity contribution in [1.82, 2.24) is 20.9 Å². The molecule has 9 N–H and O–H groups in total. The number of aliphatic carboxylic acids is 1. The Labute approximate surface area is 223 Å². The summed E-state index contributed by atoms with van der Waals surface area (Å²) in [7, 11) is 0. The number of amides is 3. The molecule has 38 heavy (non-hydrogen) atoms. The van der Waals surface area contributed by atoms with Crippen LogP contribution in [-0.2, 0) is 25.6 Å². The molecular weight excluding hydrogens is 488 g/mol. The van der Waals surface area contributed by atoms with Gasteiger partial charge in [-0.05, 0) is 49.3 Å².